The quantitative estimate of drug-likeness (QED) is 0.718. The fourth-order valence-electron chi connectivity index (χ4n) is 3.48. The van der Waals surface area contributed by atoms with Crippen LogP contribution in [0.5, 0.6) is 0 Å². The minimum atomic E-state index is -0.840. The molecule has 4 nitrogen and oxygen atoms in total. The standard InChI is InChI=1S/C16H29NO3/c1-4-7-13(10-14(18)19)17-15(20)16(11-12(2)3)8-5-6-9-16/h12-13H,4-11H2,1-3H3,(H,17,20)(H,18,19). The molecule has 1 amide bonds. The fraction of sp³-hybridized carbons (Fsp3) is 0.875. The largest absolute Gasteiger partial charge is 0.481 e. The van der Waals surface area contributed by atoms with Gasteiger partial charge in [0, 0.05) is 11.5 Å². The molecule has 0 bridgehead atoms. The van der Waals surface area contributed by atoms with Gasteiger partial charge in [-0.3, -0.25) is 9.59 Å². The van der Waals surface area contributed by atoms with E-state index in [2.05, 4.69) is 19.2 Å². The predicted octanol–water partition coefficient (Wildman–Crippen LogP) is 3.35. The predicted molar refractivity (Wildman–Crippen MR) is 79.4 cm³/mol. The smallest absolute Gasteiger partial charge is 0.305 e. The van der Waals surface area contributed by atoms with Crippen LogP contribution < -0.4 is 5.32 Å². The van der Waals surface area contributed by atoms with Crippen molar-refractivity contribution in [1.29, 1.82) is 0 Å². The van der Waals surface area contributed by atoms with Gasteiger partial charge in [-0.25, -0.2) is 0 Å². The van der Waals surface area contributed by atoms with Crippen LogP contribution in [0.3, 0.4) is 0 Å². The lowest BCUT2D eigenvalue weighted by atomic mass is 9.77. The second-order valence-electron chi connectivity index (χ2n) is 6.64. The SMILES string of the molecule is CCCC(CC(=O)O)NC(=O)C1(CC(C)C)CCCC1. The van der Waals surface area contributed by atoms with Crippen molar-refractivity contribution in [3.8, 4) is 0 Å². The maximum absolute atomic E-state index is 12.7. The Morgan fingerprint density at radius 1 is 1.25 bits per heavy atom. The van der Waals surface area contributed by atoms with E-state index in [1.165, 1.54) is 0 Å². The van der Waals surface area contributed by atoms with Crippen LogP contribution in [0, 0.1) is 11.3 Å². The van der Waals surface area contributed by atoms with E-state index in [1.807, 2.05) is 6.92 Å². The number of amides is 1. The van der Waals surface area contributed by atoms with Crippen LogP contribution >= 0.6 is 0 Å². The number of nitrogens with one attached hydrogen (secondary N) is 1. The van der Waals surface area contributed by atoms with Crippen LogP contribution in [-0.4, -0.2) is 23.0 Å². The highest BCUT2D eigenvalue weighted by Crippen LogP contribution is 2.43. The van der Waals surface area contributed by atoms with Crippen LogP contribution in [0.1, 0.15) is 72.1 Å². The first-order valence-corrected chi connectivity index (χ1v) is 7.92. The summed E-state index contributed by atoms with van der Waals surface area (Å²) in [4.78, 5) is 23.6. The van der Waals surface area contributed by atoms with Gasteiger partial charge in [0.1, 0.15) is 0 Å². The van der Waals surface area contributed by atoms with Gasteiger partial charge in [-0.2, -0.15) is 0 Å². The molecule has 20 heavy (non-hydrogen) atoms. The van der Waals surface area contributed by atoms with Crippen molar-refractivity contribution in [2.24, 2.45) is 11.3 Å². The summed E-state index contributed by atoms with van der Waals surface area (Å²) in [6.45, 7) is 6.31. The van der Waals surface area contributed by atoms with Crippen LogP contribution in [0.15, 0.2) is 0 Å². The number of rotatable bonds is 8. The molecule has 1 atom stereocenters. The van der Waals surface area contributed by atoms with Crippen molar-refractivity contribution >= 4 is 11.9 Å². The molecule has 0 aliphatic heterocycles. The van der Waals surface area contributed by atoms with Gasteiger partial charge in [0.15, 0.2) is 0 Å². The van der Waals surface area contributed by atoms with Crippen LogP contribution in [-0.2, 0) is 9.59 Å². The number of hydrogen-bond donors (Lipinski definition) is 2. The Bertz CT molecular complexity index is 333. The van der Waals surface area contributed by atoms with Gasteiger partial charge < -0.3 is 10.4 Å². The molecular formula is C16H29NO3. The zero-order valence-electron chi connectivity index (χ0n) is 13.1. The Morgan fingerprint density at radius 2 is 1.85 bits per heavy atom. The van der Waals surface area contributed by atoms with E-state index in [9.17, 15) is 9.59 Å². The summed E-state index contributed by atoms with van der Waals surface area (Å²) in [5, 5.41) is 12.0. The molecule has 2 N–H and O–H groups in total. The maximum Gasteiger partial charge on any atom is 0.305 e. The molecule has 0 aromatic rings. The van der Waals surface area contributed by atoms with Gasteiger partial charge in [0.25, 0.3) is 0 Å². The molecule has 1 fully saturated rings. The van der Waals surface area contributed by atoms with Crippen molar-refractivity contribution in [2.45, 2.75) is 78.2 Å². The van der Waals surface area contributed by atoms with Crippen LogP contribution in [0.2, 0.25) is 0 Å². The lowest BCUT2D eigenvalue weighted by molar-refractivity contribution is -0.138. The highest BCUT2D eigenvalue weighted by atomic mass is 16.4. The zero-order chi connectivity index (χ0) is 15.2. The third-order valence-corrected chi connectivity index (χ3v) is 4.23. The number of carboxylic acids is 1. The Kier molecular flexibility index (Phi) is 6.50. The van der Waals surface area contributed by atoms with E-state index < -0.39 is 5.97 Å². The van der Waals surface area contributed by atoms with Crippen LogP contribution in [0.25, 0.3) is 0 Å². The van der Waals surface area contributed by atoms with Crippen LogP contribution in [0.4, 0.5) is 0 Å². The van der Waals surface area contributed by atoms with E-state index >= 15 is 0 Å². The van der Waals surface area contributed by atoms with Gasteiger partial charge >= 0.3 is 5.97 Å². The Hall–Kier alpha value is -1.06. The van der Waals surface area contributed by atoms with Crippen molar-refractivity contribution in [3.05, 3.63) is 0 Å². The summed E-state index contributed by atoms with van der Waals surface area (Å²) in [6, 6.07) is -0.227. The fourth-order valence-corrected chi connectivity index (χ4v) is 3.48. The average molecular weight is 283 g/mol. The van der Waals surface area contributed by atoms with Crippen molar-refractivity contribution in [2.75, 3.05) is 0 Å². The molecule has 1 rings (SSSR count). The van der Waals surface area contributed by atoms with E-state index in [0.717, 1.165) is 44.9 Å². The molecule has 0 radical (unpaired) electrons. The molecule has 1 aliphatic carbocycles. The molecule has 116 valence electrons. The summed E-state index contributed by atoms with van der Waals surface area (Å²) in [5.74, 6) is -0.264. The monoisotopic (exact) mass is 283 g/mol. The first-order valence-electron chi connectivity index (χ1n) is 7.92. The molecule has 0 saturated heterocycles. The van der Waals surface area contributed by atoms with Gasteiger partial charge in [-0.05, 0) is 31.6 Å². The second-order valence-corrected chi connectivity index (χ2v) is 6.64. The molecule has 1 saturated carbocycles. The third kappa shape index (κ3) is 4.80. The molecular weight excluding hydrogens is 254 g/mol. The average Bonchev–Trinajstić information content (AvgIpc) is 2.77. The maximum atomic E-state index is 12.7. The van der Waals surface area contributed by atoms with Crippen molar-refractivity contribution < 1.29 is 14.7 Å². The number of carbonyl (C=O) groups excluding carboxylic acids is 1. The van der Waals surface area contributed by atoms with Gasteiger partial charge in [0.05, 0.1) is 6.42 Å². The number of hydrogen-bond acceptors (Lipinski definition) is 2. The third-order valence-electron chi connectivity index (χ3n) is 4.23. The Morgan fingerprint density at radius 3 is 2.30 bits per heavy atom. The number of carbonyl (C=O) groups is 2. The molecule has 1 aliphatic rings. The summed E-state index contributed by atoms with van der Waals surface area (Å²) in [7, 11) is 0. The highest BCUT2D eigenvalue weighted by molar-refractivity contribution is 5.83. The van der Waals surface area contributed by atoms with E-state index in [-0.39, 0.29) is 23.8 Å². The molecule has 0 spiro atoms. The van der Waals surface area contributed by atoms with E-state index in [4.69, 9.17) is 5.11 Å². The normalized spacial score (nSPS) is 19.0. The van der Waals surface area contributed by atoms with E-state index in [0.29, 0.717) is 5.92 Å². The van der Waals surface area contributed by atoms with Crippen molar-refractivity contribution in [1.82, 2.24) is 5.32 Å². The van der Waals surface area contributed by atoms with Gasteiger partial charge in [0.2, 0.25) is 5.91 Å². The first kappa shape index (κ1) is 17.0. The summed E-state index contributed by atoms with van der Waals surface area (Å²) >= 11 is 0. The first-order chi connectivity index (χ1) is 9.39. The Balaban J connectivity index is 2.71. The summed E-state index contributed by atoms with van der Waals surface area (Å²) in [6.07, 6.45) is 6.66. The lowest BCUT2D eigenvalue weighted by Gasteiger charge is -2.31. The molecule has 0 aromatic heterocycles. The second kappa shape index (κ2) is 7.65. The van der Waals surface area contributed by atoms with Gasteiger partial charge in [-0.15, -0.1) is 0 Å². The minimum Gasteiger partial charge on any atom is -0.481 e. The summed E-state index contributed by atoms with van der Waals surface area (Å²) < 4.78 is 0. The lowest BCUT2D eigenvalue weighted by Crippen LogP contribution is -2.45. The number of carboxylic acid groups (broad SMARTS) is 1. The topological polar surface area (TPSA) is 66.4 Å². The molecule has 0 aromatic carbocycles. The van der Waals surface area contributed by atoms with E-state index in [1.54, 1.807) is 0 Å². The van der Waals surface area contributed by atoms with Crippen molar-refractivity contribution in [3.63, 3.8) is 0 Å². The Labute approximate surface area is 122 Å². The minimum absolute atomic E-state index is 0.0251. The summed E-state index contributed by atoms with van der Waals surface area (Å²) in [5.41, 5.74) is -0.251. The molecule has 0 heterocycles. The zero-order valence-corrected chi connectivity index (χ0v) is 13.1. The molecule has 4 heteroatoms. The van der Waals surface area contributed by atoms with Gasteiger partial charge in [-0.1, -0.05) is 40.0 Å². The molecule has 1 unspecified atom stereocenters. The number of aliphatic carboxylic acids is 1. The highest BCUT2D eigenvalue weighted by Gasteiger charge is 2.41.